The van der Waals surface area contributed by atoms with Crippen LogP contribution in [-0.4, -0.2) is 18.6 Å². The van der Waals surface area contributed by atoms with Gasteiger partial charge in [0.05, 0.1) is 10.6 Å². The van der Waals surface area contributed by atoms with Crippen LogP contribution in [-0.2, 0) is 20.2 Å². The van der Waals surface area contributed by atoms with Crippen molar-refractivity contribution in [2.45, 2.75) is 30.6 Å². The van der Waals surface area contributed by atoms with Crippen LogP contribution in [0.25, 0.3) is 5.70 Å². The SMILES string of the molecule is Cc1ccc(S(=O)(=O)N2C(=O)C[C@@](C)(c3ccccc3)C=C2c2ccccc2)cc1. The van der Waals surface area contributed by atoms with Crippen molar-refractivity contribution in [3.05, 3.63) is 108 Å². The first kappa shape index (κ1) is 20.1. The Balaban J connectivity index is 1.91. The van der Waals surface area contributed by atoms with Crippen LogP contribution >= 0.6 is 0 Å². The van der Waals surface area contributed by atoms with Gasteiger partial charge in [-0.05, 0) is 36.3 Å². The molecule has 0 unspecified atom stereocenters. The topological polar surface area (TPSA) is 54.5 Å². The molecule has 152 valence electrons. The summed E-state index contributed by atoms with van der Waals surface area (Å²) in [4.78, 5) is 13.5. The predicted molar refractivity (Wildman–Crippen MR) is 118 cm³/mol. The zero-order valence-electron chi connectivity index (χ0n) is 16.9. The largest absolute Gasteiger partial charge is 0.273 e. The molecule has 3 aromatic rings. The molecule has 0 radical (unpaired) electrons. The number of amides is 1. The molecule has 1 atom stereocenters. The molecule has 30 heavy (non-hydrogen) atoms. The molecular weight excluding hydrogens is 394 g/mol. The van der Waals surface area contributed by atoms with Crippen molar-refractivity contribution in [3.8, 4) is 0 Å². The van der Waals surface area contributed by atoms with E-state index in [1.165, 1.54) is 0 Å². The number of benzene rings is 3. The lowest BCUT2D eigenvalue weighted by molar-refractivity contribution is -0.125. The molecule has 4 nitrogen and oxygen atoms in total. The van der Waals surface area contributed by atoms with Crippen molar-refractivity contribution in [1.82, 2.24) is 4.31 Å². The highest BCUT2D eigenvalue weighted by atomic mass is 32.2. The van der Waals surface area contributed by atoms with E-state index in [2.05, 4.69) is 0 Å². The summed E-state index contributed by atoms with van der Waals surface area (Å²) in [5.41, 5.74) is 2.39. The van der Waals surface area contributed by atoms with E-state index in [4.69, 9.17) is 0 Å². The van der Waals surface area contributed by atoms with Crippen molar-refractivity contribution in [3.63, 3.8) is 0 Å². The molecule has 1 aliphatic rings. The van der Waals surface area contributed by atoms with E-state index < -0.39 is 21.3 Å². The Hall–Kier alpha value is -3.18. The average molecular weight is 418 g/mol. The van der Waals surface area contributed by atoms with Crippen molar-refractivity contribution < 1.29 is 13.2 Å². The van der Waals surface area contributed by atoms with Crippen LogP contribution in [0.15, 0.2) is 95.9 Å². The first-order valence-corrected chi connectivity index (χ1v) is 11.2. The van der Waals surface area contributed by atoms with Crippen LogP contribution < -0.4 is 0 Å². The Kier molecular flexibility index (Phi) is 5.08. The Morgan fingerprint density at radius 1 is 0.833 bits per heavy atom. The number of hydrogen-bond acceptors (Lipinski definition) is 3. The molecule has 3 aromatic carbocycles. The summed E-state index contributed by atoms with van der Waals surface area (Å²) < 4.78 is 28.0. The molecule has 5 heteroatoms. The fourth-order valence-corrected chi connectivity index (χ4v) is 5.27. The Bertz CT molecular complexity index is 1200. The fraction of sp³-hybridized carbons (Fsp3) is 0.160. The maximum absolute atomic E-state index is 13.5. The summed E-state index contributed by atoms with van der Waals surface area (Å²) in [6.07, 6.45) is 1.98. The normalized spacial score (nSPS) is 19.5. The number of hydrogen-bond donors (Lipinski definition) is 0. The van der Waals surface area contributed by atoms with Gasteiger partial charge < -0.3 is 0 Å². The third kappa shape index (κ3) is 3.57. The first-order valence-electron chi connectivity index (χ1n) is 9.80. The van der Waals surface area contributed by atoms with Gasteiger partial charge in [0.2, 0.25) is 5.91 Å². The molecule has 0 spiro atoms. The Morgan fingerprint density at radius 2 is 1.40 bits per heavy atom. The van der Waals surface area contributed by atoms with Gasteiger partial charge >= 0.3 is 0 Å². The lowest BCUT2D eigenvalue weighted by Crippen LogP contribution is -2.43. The molecule has 1 heterocycles. The lowest BCUT2D eigenvalue weighted by atomic mass is 9.76. The molecule has 4 rings (SSSR count). The molecule has 0 saturated carbocycles. The number of carbonyl (C=O) groups is 1. The van der Waals surface area contributed by atoms with E-state index in [9.17, 15) is 13.2 Å². The minimum Gasteiger partial charge on any atom is -0.273 e. The van der Waals surface area contributed by atoms with Gasteiger partial charge in [0.15, 0.2) is 0 Å². The van der Waals surface area contributed by atoms with Crippen LogP contribution in [0.4, 0.5) is 0 Å². The van der Waals surface area contributed by atoms with Gasteiger partial charge in [0.1, 0.15) is 0 Å². The second-order valence-corrected chi connectivity index (χ2v) is 9.62. The number of carbonyl (C=O) groups excluding carboxylic acids is 1. The number of aryl methyl sites for hydroxylation is 1. The molecule has 0 N–H and O–H groups in total. The highest BCUT2D eigenvalue weighted by molar-refractivity contribution is 7.90. The molecule has 0 aromatic heterocycles. The molecular formula is C25H23NO3S. The van der Waals surface area contributed by atoms with Crippen LogP contribution in [0.5, 0.6) is 0 Å². The van der Waals surface area contributed by atoms with E-state index in [0.29, 0.717) is 11.3 Å². The number of allylic oxidation sites excluding steroid dienone is 1. The number of sulfonamides is 1. The number of rotatable bonds is 4. The summed E-state index contributed by atoms with van der Waals surface area (Å²) in [7, 11) is -4.04. The number of nitrogens with zero attached hydrogens (tertiary/aromatic N) is 1. The fourth-order valence-electron chi connectivity index (χ4n) is 3.82. The van der Waals surface area contributed by atoms with E-state index in [-0.39, 0.29) is 11.3 Å². The van der Waals surface area contributed by atoms with E-state index >= 15 is 0 Å². The third-order valence-electron chi connectivity index (χ3n) is 5.48. The maximum Gasteiger partial charge on any atom is 0.270 e. The average Bonchev–Trinajstić information content (AvgIpc) is 2.74. The van der Waals surface area contributed by atoms with E-state index in [1.807, 2.05) is 80.6 Å². The Labute approximate surface area is 177 Å². The maximum atomic E-state index is 13.5. The van der Waals surface area contributed by atoms with Crippen molar-refractivity contribution in [1.29, 1.82) is 0 Å². The van der Waals surface area contributed by atoms with Gasteiger partial charge in [0, 0.05) is 11.8 Å². The highest BCUT2D eigenvalue weighted by Crippen LogP contribution is 2.41. The molecule has 0 aliphatic carbocycles. The third-order valence-corrected chi connectivity index (χ3v) is 7.23. The van der Waals surface area contributed by atoms with Crippen LogP contribution in [0, 0.1) is 6.92 Å². The summed E-state index contributed by atoms with van der Waals surface area (Å²) in [5.74, 6) is -0.441. The first-order chi connectivity index (χ1) is 14.3. The summed E-state index contributed by atoms with van der Waals surface area (Å²) in [6.45, 7) is 3.86. The van der Waals surface area contributed by atoms with Gasteiger partial charge in [-0.25, -0.2) is 12.7 Å². The summed E-state index contributed by atoms with van der Waals surface area (Å²) >= 11 is 0. The van der Waals surface area contributed by atoms with E-state index in [1.54, 1.807) is 24.3 Å². The van der Waals surface area contributed by atoms with Crippen molar-refractivity contribution in [2.75, 3.05) is 0 Å². The van der Waals surface area contributed by atoms with Crippen molar-refractivity contribution in [2.24, 2.45) is 0 Å². The lowest BCUT2D eigenvalue weighted by Gasteiger charge is -2.37. The molecule has 0 fully saturated rings. The van der Waals surface area contributed by atoms with Crippen LogP contribution in [0.3, 0.4) is 0 Å². The molecule has 1 aliphatic heterocycles. The van der Waals surface area contributed by atoms with Gasteiger partial charge in [0.25, 0.3) is 10.0 Å². The molecule has 0 bridgehead atoms. The summed E-state index contributed by atoms with van der Waals surface area (Å²) in [5, 5.41) is 0. The monoisotopic (exact) mass is 417 g/mol. The smallest absolute Gasteiger partial charge is 0.270 e. The second-order valence-electron chi connectivity index (χ2n) is 7.83. The van der Waals surface area contributed by atoms with Crippen LogP contribution in [0.1, 0.15) is 30.0 Å². The van der Waals surface area contributed by atoms with Gasteiger partial charge in [-0.15, -0.1) is 0 Å². The highest BCUT2D eigenvalue weighted by Gasteiger charge is 2.42. The quantitative estimate of drug-likeness (QED) is 0.606. The van der Waals surface area contributed by atoms with Crippen LogP contribution in [0.2, 0.25) is 0 Å². The Morgan fingerprint density at radius 3 is 2.00 bits per heavy atom. The van der Waals surface area contributed by atoms with Gasteiger partial charge in [-0.2, -0.15) is 0 Å². The zero-order valence-corrected chi connectivity index (χ0v) is 17.8. The summed E-state index contributed by atoms with van der Waals surface area (Å²) in [6, 6.07) is 25.5. The van der Waals surface area contributed by atoms with Crippen molar-refractivity contribution >= 4 is 21.6 Å². The zero-order chi connectivity index (χ0) is 21.4. The minimum absolute atomic E-state index is 0.0679. The van der Waals surface area contributed by atoms with Gasteiger partial charge in [-0.1, -0.05) is 85.3 Å². The molecule has 0 saturated heterocycles. The standard InChI is InChI=1S/C25H23NO3S/c1-19-13-15-22(16-14-19)30(28,29)26-23(20-9-5-3-6-10-20)17-25(2,18-24(26)27)21-11-7-4-8-12-21/h3-17H,18H2,1-2H3/t25-/m0/s1. The second kappa shape index (κ2) is 7.58. The minimum atomic E-state index is -4.04. The predicted octanol–water partition coefficient (Wildman–Crippen LogP) is 4.92. The molecule has 1 amide bonds. The van der Waals surface area contributed by atoms with E-state index in [0.717, 1.165) is 15.4 Å². The van der Waals surface area contributed by atoms with Gasteiger partial charge in [-0.3, -0.25) is 4.79 Å².